The Kier molecular flexibility index (Phi) is 3.84. The maximum Gasteiger partial charge on any atom is 0.254 e. The molecule has 1 N–H and O–H groups in total. The van der Waals surface area contributed by atoms with E-state index < -0.39 is 0 Å². The Balaban J connectivity index is 1.86. The Morgan fingerprint density at radius 3 is 3.12 bits per heavy atom. The largest absolute Gasteiger partial charge is 0.469 e. The molecule has 1 aromatic heterocycles. The summed E-state index contributed by atoms with van der Waals surface area (Å²) in [6.07, 6.45) is 3.97. The van der Waals surface area contributed by atoms with Crippen LogP contribution in [0.15, 0.2) is 16.7 Å². The van der Waals surface area contributed by atoms with Crippen molar-refractivity contribution >= 4 is 5.91 Å². The zero-order chi connectivity index (χ0) is 12.3. The molecule has 2 heterocycles. The predicted octanol–water partition coefficient (Wildman–Crippen LogP) is 1.80. The number of aryl methyl sites for hydroxylation is 1. The van der Waals surface area contributed by atoms with Crippen LogP contribution in [0.2, 0.25) is 0 Å². The normalized spacial score (nSPS) is 20.7. The maximum absolute atomic E-state index is 11.9. The van der Waals surface area contributed by atoms with Crippen molar-refractivity contribution in [2.45, 2.75) is 32.7 Å². The number of rotatable bonds is 4. The molecular formula is C13H20N2O2. The summed E-state index contributed by atoms with van der Waals surface area (Å²) in [7, 11) is 0. The minimum absolute atomic E-state index is 0.0285. The first-order chi connectivity index (χ1) is 8.22. The van der Waals surface area contributed by atoms with Crippen molar-refractivity contribution in [3.63, 3.8) is 0 Å². The quantitative estimate of drug-likeness (QED) is 0.867. The van der Waals surface area contributed by atoms with E-state index in [1.54, 1.807) is 12.3 Å². The van der Waals surface area contributed by atoms with Crippen molar-refractivity contribution in [1.82, 2.24) is 10.2 Å². The molecule has 1 aliphatic heterocycles. The number of nitrogens with one attached hydrogen (secondary N) is 1. The van der Waals surface area contributed by atoms with E-state index in [-0.39, 0.29) is 5.91 Å². The van der Waals surface area contributed by atoms with Gasteiger partial charge in [-0.15, -0.1) is 0 Å². The molecule has 1 aromatic rings. The molecule has 1 saturated heterocycles. The van der Waals surface area contributed by atoms with Crippen LogP contribution in [0.1, 0.15) is 35.9 Å². The number of amides is 1. The fraction of sp³-hybridized carbons (Fsp3) is 0.615. The van der Waals surface area contributed by atoms with Crippen molar-refractivity contribution in [2.24, 2.45) is 0 Å². The second-order valence-corrected chi connectivity index (χ2v) is 4.53. The highest BCUT2D eigenvalue weighted by Gasteiger charge is 2.23. The molecule has 0 bridgehead atoms. The second-order valence-electron chi connectivity index (χ2n) is 4.53. The molecule has 17 heavy (non-hydrogen) atoms. The molecule has 1 amide bonds. The fourth-order valence-electron chi connectivity index (χ4n) is 2.47. The molecule has 0 spiro atoms. The lowest BCUT2D eigenvalue weighted by atomic mass is 10.2. The van der Waals surface area contributed by atoms with Gasteiger partial charge in [-0.1, -0.05) is 6.92 Å². The number of hydrogen-bond donors (Lipinski definition) is 1. The molecule has 0 aliphatic carbocycles. The molecule has 1 fully saturated rings. The van der Waals surface area contributed by atoms with Crippen molar-refractivity contribution in [3.8, 4) is 0 Å². The van der Waals surface area contributed by atoms with E-state index in [0.29, 0.717) is 17.4 Å². The van der Waals surface area contributed by atoms with Gasteiger partial charge in [-0.25, -0.2) is 0 Å². The summed E-state index contributed by atoms with van der Waals surface area (Å²) in [5.74, 6) is 0.653. The number of carbonyl (C=O) groups is 1. The summed E-state index contributed by atoms with van der Waals surface area (Å²) in [6.45, 7) is 6.92. The summed E-state index contributed by atoms with van der Waals surface area (Å²) in [6, 6.07) is 2.22. The van der Waals surface area contributed by atoms with Gasteiger partial charge in [-0.2, -0.15) is 0 Å². The second kappa shape index (κ2) is 5.36. The lowest BCUT2D eigenvalue weighted by Crippen LogP contribution is -2.40. The number of likely N-dealkylation sites (tertiary alicyclic amines) is 1. The predicted molar refractivity (Wildman–Crippen MR) is 66.0 cm³/mol. The van der Waals surface area contributed by atoms with E-state index in [1.165, 1.54) is 12.8 Å². The van der Waals surface area contributed by atoms with Gasteiger partial charge >= 0.3 is 0 Å². The monoisotopic (exact) mass is 236 g/mol. The molecule has 1 aliphatic rings. The first-order valence-electron chi connectivity index (χ1n) is 6.28. The van der Waals surface area contributed by atoms with Gasteiger partial charge in [0.2, 0.25) is 0 Å². The standard InChI is InChI=1S/C13H20N2O2/c1-3-15-7-4-5-11(15)9-14-13(16)12-6-8-17-10(12)2/h6,8,11H,3-5,7,9H2,1-2H3,(H,14,16)/t11-/m1/s1. The Morgan fingerprint density at radius 2 is 2.47 bits per heavy atom. The summed E-state index contributed by atoms with van der Waals surface area (Å²) in [4.78, 5) is 14.3. The van der Waals surface area contributed by atoms with Crippen molar-refractivity contribution in [2.75, 3.05) is 19.6 Å². The molecule has 4 heteroatoms. The van der Waals surface area contributed by atoms with Crippen LogP contribution in [0.5, 0.6) is 0 Å². The van der Waals surface area contributed by atoms with Gasteiger partial charge < -0.3 is 9.73 Å². The molecule has 0 aromatic carbocycles. The topological polar surface area (TPSA) is 45.5 Å². The first kappa shape index (κ1) is 12.2. The van der Waals surface area contributed by atoms with Crippen molar-refractivity contribution in [1.29, 1.82) is 0 Å². The van der Waals surface area contributed by atoms with Crippen molar-refractivity contribution < 1.29 is 9.21 Å². The Morgan fingerprint density at radius 1 is 1.65 bits per heavy atom. The van der Waals surface area contributed by atoms with E-state index in [4.69, 9.17) is 4.42 Å². The average molecular weight is 236 g/mol. The SMILES string of the molecule is CCN1CCC[C@@H]1CNC(=O)c1ccoc1C. The van der Waals surface area contributed by atoms with Crippen LogP contribution < -0.4 is 5.32 Å². The van der Waals surface area contributed by atoms with Gasteiger partial charge in [0.1, 0.15) is 5.76 Å². The van der Waals surface area contributed by atoms with Crippen LogP contribution >= 0.6 is 0 Å². The van der Waals surface area contributed by atoms with Gasteiger partial charge in [0.05, 0.1) is 11.8 Å². The summed E-state index contributed by atoms with van der Waals surface area (Å²) >= 11 is 0. The van der Waals surface area contributed by atoms with E-state index in [2.05, 4.69) is 17.1 Å². The van der Waals surface area contributed by atoms with E-state index in [0.717, 1.165) is 19.6 Å². The minimum atomic E-state index is -0.0285. The molecule has 0 radical (unpaired) electrons. The summed E-state index contributed by atoms with van der Waals surface area (Å²) in [5, 5.41) is 2.99. The highest BCUT2D eigenvalue weighted by Crippen LogP contribution is 2.16. The fourth-order valence-corrected chi connectivity index (χ4v) is 2.47. The number of nitrogens with zero attached hydrogens (tertiary/aromatic N) is 1. The Labute approximate surface area is 102 Å². The van der Waals surface area contributed by atoms with Gasteiger partial charge in [0.15, 0.2) is 0 Å². The van der Waals surface area contributed by atoms with Gasteiger partial charge in [0.25, 0.3) is 5.91 Å². The lowest BCUT2D eigenvalue weighted by molar-refractivity contribution is 0.0940. The highest BCUT2D eigenvalue weighted by molar-refractivity contribution is 5.95. The first-order valence-corrected chi connectivity index (χ1v) is 6.28. The number of carbonyl (C=O) groups excluding carboxylic acids is 1. The van der Waals surface area contributed by atoms with Crippen LogP contribution in [0.25, 0.3) is 0 Å². The molecule has 1 atom stereocenters. The molecule has 2 rings (SSSR count). The molecule has 94 valence electrons. The molecule has 0 unspecified atom stereocenters. The van der Waals surface area contributed by atoms with E-state index in [9.17, 15) is 4.79 Å². The van der Waals surface area contributed by atoms with Gasteiger partial charge in [-0.3, -0.25) is 9.69 Å². The maximum atomic E-state index is 11.9. The van der Waals surface area contributed by atoms with E-state index >= 15 is 0 Å². The molecule has 0 saturated carbocycles. The number of likely N-dealkylation sites (N-methyl/N-ethyl adjacent to an activating group) is 1. The highest BCUT2D eigenvalue weighted by atomic mass is 16.3. The van der Waals surface area contributed by atoms with Crippen LogP contribution in [0, 0.1) is 6.92 Å². The van der Waals surface area contributed by atoms with Gasteiger partial charge in [-0.05, 0) is 38.9 Å². The summed E-state index contributed by atoms with van der Waals surface area (Å²) < 4.78 is 5.13. The smallest absolute Gasteiger partial charge is 0.254 e. The number of furan rings is 1. The lowest BCUT2D eigenvalue weighted by Gasteiger charge is -2.22. The van der Waals surface area contributed by atoms with Crippen LogP contribution in [0.3, 0.4) is 0 Å². The third-order valence-corrected chi connectivity index (χ3v) is 3.51. The van der Waals surface area contributed by atoms with Gasteiger partial charge in [0, 0.05) is 12.6 Å². The summed E-state index contributed by atoms with van der Waals surface area (Å²) in [5.41, 5.74) is 0.644. The van der Waals surface area contributed by atoms with Crippen LogP contribution in [-0.2, 0) is 0 Å². The zero-order valence-corrected chi connectivity index (χ0v) is 10.5. The Hall–Kier alpha value is -1.29. The third kappa shape index (κ3) is 2.69. The minimum Gasteiger partial charge on any atom is -0.469 e. The van der Waals surface area contributed by atoms with E-state index in [1.807, 2.05) is 6.92 Å². The molecule has 4 nitrogen and oxygen atoms in total. The Bertz CT molecular complexity index is 387. The number of hydrogen-bond acceptors (Lipinski definition) is 3. The van der Waals surface area contributed by atoms with Crippen molar-refractivity contribution in [3.05, 3.63) is 23.7 Å². The van der Waals surface area contributed by atoms with Crippen LogP contribution in [-0.4, -0.2) is 36.5 Å². The zero-order valence-electron chi connectivity index (χ0n) is 10.5. The average Bonchev–Trinajstić information content (AvgIpc) is 2.94. The van der Waals surface area contributed by atoms with Crippen LogP contribution in [0.4, 0.5) is 0 Å². The molecular weight excluding hydrogens is 216 g/mol. The third-order valence-electron chi connectivity index (χ3n) is 3.51.